The SMILES string of the molecule is COc1ccccc1CNC(=O)CN1C[C@@H]2CC[C@H]1CN(C(=O)N(C)C)C2. The number of nitrogens with zero attached hydrogens (tertiary/aromatic N) is 3. The normalized spacial score (nSPS) is 22.3. The standard InChI is InChI=1S/C20H30N4O3/c1-22(2)20(26)24-12-15-8-9-17(13-24)23(11-15)14-19(25)21-10-16-6-4-5-7-18(16)27-3/h4-7,15,17H,8-14H2,1-3H3,(H,21,25)/t15-,17-/m0/s1. The Bertz CT molecular complexity index is 679. The summed E-state index contributed by atoms with van der Waals surface area (Å²) in [5.74, 6) is 1.23. The molecule has 0 aliphatic carbocycles. The number of fused-ring (bicyclic) bond motifs is 4. The molecule has 3 heterocycles. The molecule has 0 radical (unpaired) electrons. The highest BCUT2D eigenvalue weighted by molar-refractivity contribution is 5.78. The second-order valence-electron chi connectivity index (χ2n) is 7.70. The first kappa shape index (κ1) is 19.5. The third kappa shape index (κ3) is 4.71. The molecule has 7 nitrogen and oxygen atoms in total. The fourth-order valence-electron chi connectivity index (χ4n) is 4.09. The van der Waals surface area contributed by atoms with Gasteiger partial charge in [-0.15, -0.1) is 0 Å². The van der Waals surface area contributed by atoms with Gasteiger partial charge < -0.3 is 19.9 Å². The second-order valence-corrected chi connectivity index (χ2v) is 7.70. The van der Waals surface area contributed by atoms with Crippen LogP contribution in [0.1, 0.15) is 18.4 Å². The number of hydrogen-bond donors (Lipinski definition) is 1. The Hall–Kier alpha value is -2.28. The minimum absolute atomic E-state index is 0.0129. The van der Waals surface area contributed by atoms with E-state index in [1.165, 1.54) is 0 Å². The van der Waals surface area contributed by atoms with Gasteiger partial charge in [-0.2, -0.15) is 0 Å². The Morgan fingerprint density at radius 1 is 1.19 bits per heavy atom. The number of urea groups is 1. The van der Waals surface area contributed by atoms with Crippen molar-refractivity contribution in [2.75, 3.05) is 47.4 Å². The summed E-state index contributed by atoms with van der Waals surface area (Å²) in [6, 6.07) is 8.02. The van der Waals surface area contributed by atoms with E-state index in [-0.39, 0.29) is 18.0 Å². The van der Waals surface area contributed by atoms with Gasteiger partial charge in [0.2, 0.25) is 5.91 Å². The number of carbonyl (C=O) groups excluding carboxylic acids is 2. The summed E-state index contributed by atoms with van der Waals surface area (Å²) in [5, 5.41) is 3.00. The third-order valence-corrected chi connectivity index (χ3v) is 5.50. The summed E-state index contributed by atoms with van der Waals surface area (Å²) in [4.78, 5) is 30.7. The number of carbonyl (C=O) groups is 2. The average Bonchev–Trinajstić information content (AvgIpc) is 2.97. The molecule has 0 unspecified atom stereocenters. The van der Waals surface area contributed by atoms with Gasteiger partial charge in [-0.05, 0) is 24.8 Å². The van der Waals surface area contributed by atoms with Crippen LogP contribution in [0.5, 0.6) is 5.75 Å². The van der Waals surface area contributed by atoms with Crippen molar-refractivity contribution in [3.05, 3.63) is 29.8 Å². The molecule has 0 spiro atoms. The van der Waals surface area contributed by atoms with E-state index >= 15 is 0 Å². The first-order valence-corrected chi connectivity index (χ1v) is 9.56. The molecule has 3 aliphatic rings. The van der Waals surface area contributed by atoms with Crippen molar-refractivity contribution in [1.29, 1.82) is 0 Å². The number of amides is 3. The largest absolute Gasteiger partial charge is 0.496 e. The topological polar surface area (TPSA) is 65.1 Å². The van der Waals surface area contributed by atoms with E-state index in [4.69, 9.17) is 4.74 Å². The van der Waals surface area contributed by atoms with E-state index in [0.717, 1.165) is 37.2 Å². The molecule has 3 saturated heterocycles. The van der Waals surface area contributed by atoms with Gasteiger partial charge in [0.15, 0.2) is 0 Å². The molecular formula is C20H30N4O3. The fraction of sp³-hybridized carbons (Fsp3) is 0.600. The molecule has 7 heteroatoms. The van der Waals surface area contributed by atoms with Crippen LogP contribution in [0, 0.1) is 5.92 Å². The van der Waals surface area contributed by atoms with Gasteiger partial charge in [0.1, 0.15) is 5.75 Å². The van der Waals surface area contributed by atoms with Crippen LogP contribution >= 0.6 is 0 Å². The summed E-state index contributed by atoms with van der Waals surface area (Å²) in [5.41, 5.74) is 0.966. The predicted molar refractivity (Wildman–Crippen MR) is 104 cm³/mol. The fourth-order valence-corrected chi connectivity index (χ4v) is 4.09. The van der Waals surface area contributed by atoms with Crippen LogP contribution in [0.3, 0.4) is 0 Å². The molecule has 1 aromatic carbocycles. The molecule has 0 aromatic heterocycles. The van der Waals surface area contributed by atoms with Crippen LogP contribution in [-0.2, 0) is 11.3 Å². The predicted octanol–water partition coefficient (Wildman–Crippen LogP) is 1.39. The Labute approximate surface area is 161 Å². The zero-order chi connectivity index (χ0) is 19.4. The van der Waals surface area contributed by atoms with Gasteiger partial charge in [-0.1, -0.05) is 18.2 Å². The van der Waals surface area contributed by atoms with Crippen molar-refractivity contribution in [2.45, 2.75) is 25.4 Å². The Kier molecular flexibility index (Phi) is 6.21. The number of hydrogen-bond acceptors (Lipinski definition) is 4. The summed E-state index contributed by atoms with van der Waals surface area (Å²) in [6.07, 6.45) is 2.17. The first-order chi connectivity index (χ1) is 13.0. The van der Waals surface area contributed by atoms with E-state index in [9.17, 15) is 9.59 Å². The lowest BCUT2D eigenvalue weighted by Crippen LogP contribution is -2.49. The summed E-state index contributed by atoms with van der Waals surface area (Å²) >= 11 is 0. The zero-order valence-electron chi connectivity index (χ0n) is 16.5. The maximum Gasteiger partial charge on any atom is 0.319 e. The van der Waals surface area contributed by atoms with Gasteiger partial charge in [-0.3, -0.25) is 9.69 Å². The van der Waals surface area contributed by atoms with Gasteiger partial charge in [0, 0.05) is 51.9 Å². The highest BCUT2D eigenvalue weighted by Gasteiger charge is 2.37. The number of nitrogens with one attached hydrogen (secondary N) is 1. The smallest absolute Gasteiger partial charge is 0.319 e. The van der Waals surface area contributed by atoms with Gasteiger partial charge >= 0.3 is 6.03 Å². The average molecular weight is 374 g/mol. The van der Waals surface area contributed by atoms with Gasteiger partial charge in [0.25, 0.3) is 0 Å². The third-order valence-electron chi connectivity index (χ3n) is 5.50. The van der Waals surface area contributed by atoms with Crippen molar-refractivity contribution in [1.82, 2.24) is 20.0 Å². The van der Waals surface area contributed by atoms with Crippen molar-refractivity contribution >= 4 is 11.9 Å². The molecule has 1 N–H and O–H groups in total. The van der Waals surface area contributed by atoms with Crippen molar-refractivity contribution in [3.63, 3.8) is 0 Å². The molecule has 148 valence electrons. The highest BCUT2D eigenvalue weighted by Crippen LogP contribution is 2.28. The monoisotopic (exact) mass is 374 g/mol. The van der Waals surface area contributed by atoms with Crippen molar-refractivity contribution in [3.8, 4) is 5.75 Å². The molecular weight excluding hydrogens is 344 g/mol. The van der Waals surface area contributed by atoms with E-state index in [2.05, 4.69) is 10.2 Å². The molecule has 0 saturated carbocycles. The zero-order valence-corrected chi connectivity index (χ0v) is 16.5. The van der Waals surface area contributed by atoms with Crippen molar-refractivity contribution in [2.24, 2.45) is 5.92 Å². The molecule has 2 bridgehead atoms. The summed E-state index contributed by atoms with van der Waals surface area (Å²) in [6.45, 7) is 3.19. The number of benzene rings is 1. The van der Waals surface area contributed by atoms with Gasteiger partial charge in [-0.25, -0.2) is 4.79 Å². The maximum absolute atomic E-state index is 12.5. The maximum atomic E-state index is 12.5. The second kappa shape index (κ2) is 8.61. The number of para-hydroxylation sites is 1. The van der Waals surface area contributed by atoms with Crippen LogP contribution < -0.4 is 10.1 Å². The molecule has 2 atom stereocenters. The Morgan fingerprint density at radius 3 is 2.70 bits per heavy atom. The van der Waals surface area contributed by atoms with Crippen LogP contribution in [0.15, 0.2) is 24.3 Å². The minimum atomic E-state index is 0.0129. The molecule has 27 heavy (non-hydrogen) atoms. The van der Waals surface area contributed by atoms with E-state index in [1.54, 1.807) is 26.1 Å². The summed E-state index contributed by atoms with van der Waals surface area (Å²) < 4.78 is 5.33. The molecule has 1 aromatic rings. The quantitative estimate of drug-likeness (QED) is 0.846. The lowest BCUT2D eigenvalue weighted by molar-refractivity contribution is -0.123. The molecule has 3 aliphatic heterocycles. The number of rotatable bonds is 5. The van der Waals surface area contributed by atoms with Gasteiger partial charge in [0.05, 0.1) is 13.7 Å². The van der Waals surface area contributed by atoms with Crippen LogP contribution in [0.4, 0.5) is 4.79 Å². The lowest BCUT2D eigenvalue weighted by atomic mass is 9.95. The highest BCUT2D eigenvalue weighted by atomic mass is 16.5. The van der Waals surface area contributed by atoms with Crippen LogP contribution in [-0.4, -0.2) is 80.1 Å². The van der Waals surface area contributed by atoms with Crippen LogP contribution in [0.2, 0.25) is 0 Å². The number of ether oxygens (including phenoxy) is 1. The minimum Gasteiger partial charge on any atom is -0.496 e. The Balaban J connectivity index is 1.56. The van der Waals surface area contributed by atoms with E-state index < -0.39 is 0 Å². The molecule has 3 amide bonds. The number of piperidine rings is 1. The lowest BCUT2D eigenvalue weighted by Gasteiger charge is -2.35. The first-order valence-electron chi connectivity index (χ1n) is 9.56. The number of methoxy groups -OCH3 is 1. The van der Waals surface area contributed by atoms with Crippen molar-refractivity contribution < 1.29 is 14.3 Å². The Morgan fingerprint density at radius 2 is 1.96 bits per heavy atom. The summed E-state index contributed by atoms with van der Waals surface area (Å²) in [7, 11) is 5.21. The van der Waals surface area contributed by atoms with E-state index in [0.29, 0.717) is 25.6 Å². The van der Waals surface area contributed by atoms with Crippen LogP contribution in [0.25, 0.3) is 0 Å². The molecule has 4 rings (SSSR count). The molecule has 3 fully saturated rings. The van der Waals surface area contributed by atoms with E-state index in [1.807, 2.05) is 29.2 Å².